The molecule has 20 aromatic carbocycles. The topological polar surface area (TPSA) is 52.4 Å². The number of ether oxygens (including phenoxy) is 4. The molecule has 8 nitrogen and oxygen atoms in total. The molecule has 0 saturated heterocycles. The van der Waals surface area contributed by atoms with Crippen molar-refractivity contribution in [3.05, 3.63) is 384 Å². The molecule has 4 aromatic heterocycles. The minimum atomic E-state index is -0.165. The first kappa shape index (κ1) is 74.3. The van der Waals surface area contributed by atoms with Crippen LogP contribution in [0.2, 0.25) is 0 Å². The fraction of sp³-hybridized carbons (Fsp3) is 0.129. The van der Waals surface area contributed by atoms with Crippen LogP contribution >= 0.6 is 0 Å². The van der Waals surface area contributed by atoms with Gasteiger partial charge in [0.1, 0.15) is 23.0 Å². The van der Waals surface area contributed by atoms with Crippen LogP contribution in [0.5, 0.6) is 23.0 Å². The summed E-state index contributed by atoms with van der Waals surface area (Å²) in [4.78, 5) is 0. The van der Waals surface area contributed by atoms with Crippen molar-refractivity contribution in [2.75, 3.05) is 0 Å². The summed E-state index contributed by atoms with van der Waals surface area (Å²) in [7, 11) is 0. The molecule has 0 bridgehead atoms. The van der Waals surface area contributed by atoms with Crippen molar-refractivity contribution in [1.29, 1.82) is 0 Å². The molecule has 8 heteroatoms. The zero-order chi connectivity index (χ0) is 87.6. The molecule has 8 heterocycles. The highest BCUT2D eigenvalue weighted by Crippen LogP contribution is 2.63. The number of pyridine rings is 4. The number of nitrogens with zero attached hydrogens (tertiary/aromatic N) is 4. The summed E-state index contributed by atoms with van der Waals surface area (Å²) in [6, 6.07) is 120. The lowest BCUT2D eigenvalue weighted by Gasteiger charge is -2.24. The lowest BCUT2D eigenvalue weighted by molar-refractivity contribution is -0.716. The van der Waals surface area contributed by atoms with E-state index in [1.165, 1.54) is 262 Å². The first-order chi connectivity index (χ1) is 64.5. The van der Waals surface area contributed by atoms with Gasteiger partial charge in [0, 0.05) is 66.1 Å². The van der Waals surface area contributed by atoms with E-state index in [1.807, 2.05) is 0 Å². The molecule has 0 unspecified atom stereocenters. The Morgan fingerprint density at radius 1 is 0.205 bits per heavy atom. The van der Waals surface area contributed by atoms with Crippen molar-refractivity contribution < 1.29 is 37.2 Å². The Kier molecular flexibility index (Phi) is 14.7. The van der Waals surface area contributed by atoms with Crippen LogP contribution < -0.4 is 37.2 Å². The Labute approximate surface area is 761 Å². The molecule has 0 radical (unpaired) electrons. The van der Waals surface area contributed by atoms with Crippen molar-refractivity contribution in [3.8, 4) is 68.0 Å². The summed E-state index contributed by atoms with van der Waals surface area (Å²) >= 11 is 0. The predicted octanol–water partition coefficient (Wildman–Crippen LogP) is 29.0. The van der Waals surface area contributed by atoms with Gasteiger partial charge in [0.2, 0.25) is 33.8 Å². The molecule has 624 valence electrons. The Hall–Kier alpha value is -15.6. The van der Waals surface area contributed by atoms with Crippen LogP contribution in [-0.4, -0.2) is 0 Å². The van der Waals surface area contributed by atoms with E-state index < -0.39 is 0 Å². The molecule has 32 rings (SSSR count). The summed E-state index contributed by atoms with van der Waals surface area (Å²) in [6.45, 7) is 21.3. The normalized spacial score (nSPS) is 15.3. The molecule has 0 atom stereocenters. The number of aromatic nitrogens is 4. The van der Waals surface area contributed by atoms with Crippen LogP contribution in [0.3, 0.4) is 0 Å². The largest absolute Gasteiger partial charge is 0.435 e. The van der Waals surface area contributed by atoms with E-state index in [4.69, 9.17) is 18.9 Å². The highest BCUT2D eigenvalue weighted by molar-refractivity contribution is 6.22. The fourth-order valence-electron chi connectivity index (χ4n) is 25.9. The number of rotatable bonds is 0. The third-order valence-electron chi connectivity index (χ3n) is 31.6. The van der Waals surface area contributed by atoms with Crippen molar-refractivity contribution in [2.45, 2.75) is 104 Å². The van der Waals surface area contributed by atoms with Crippen LogP contribution in [0.1, 0.15) is 99.9 Å². The third-order valence-corrected chi connectivity index (χ3v) is 31.6. The van der Waals surface area contributed by atoms with Crippen LogP contribution in [0.15, 0.2) is 340 Å². The molecular weight excluding hydrogens is 1610 g/mol. The lowest BCUT2D eigenvalue weighted by Crippen LogP contribution is -2.43. The first-order valence-electron chi connectivity index (χ1n) is 46.5. The molecule has 0 fully saturated rings. The monoisotopic (exact) mass is 1700 g/mol. The maximum atomic E-state index is 6.50. The van der Waals surface area contributed by atoms with Crippen LogP contribution in [0.4, 0.5) is 0 Å². The molecule has 4 aliphatic heterocycles. The Morgan fingerprint density at radius 3 is 0.970 bits per heavy atom. The second-order valence-corrected chi connectivity index (χ2v) is 39.9. The first-order valence-corrected chi connectivity index (χ1v) is 46.5. The maximum absolute atomic E-state index is 6.50. The summed E-state index contributed by atoms with van der Waals surface area (Å²) in [5.41, 5.74) is 23.6. The Morgan fingerprint density at radius 2 is 0.508 bits per heavy atom. The number of benzene rings is 20. The fourth-order valence-corrected chi connectivity index (χ4v) is 25.9. The van der Waals surface area contributed by atoms with E-state index in [9.17, 15) is 0 Å². The van der Waals surface area contributed by atoms with Crippen molar-refractivity contribution in [2.24, 2.45) is 0 Å². The van der Waals surface area contributed by atoms with Gasteiger partial charge in [-0.2, -0.15) is 18.3 Å². The second kappa shape index (κ2) is 26.1. The van der Waals surface area contributed by atoms with Crippen LogP contribution in [-0.2, 0) is 48.6 Å². The zero-order valence-electron chi connectivity index (χ0n) is 74.6. The van der Waals surface area contributed by atoms with Crippen LogP contribution in [0.25, 0.3) is 218 Å². The maximum Gasteiger partial charge on any atom is 0.293 e. The SMILES string of the molecule is CC1(C)c2c3[n+](cc4c2ccc2ccccc24)COc2cc4ccc5ccccc5c4c1c2-3.CC1(C)c2c3c(cc4ccc5ccccc5c24)OC[n+]2cc4ccc5ccccc5c4c1c2-3.CC1(C)c2cc3c4ccccc4ccc3[n+]3c2-c2c(cc4ccc5ccccc5c4c21)OC3.CC1(C)c2cc3ccc4ccccc4c3[n+]3c2-c2c(cc4ccc5ccccc5c4c21)OC3. The van der Waals surface area contributed by atoms with E-state index in [-0.39, 0.29) is 21.7 Å². The molecule has 0 spiro atoms. The Bertz CT molecular complexity index is 9360. The summed E-state index contributed by atoms with van der Waals surface area (Å²) in [6.07, 6.45) is 4.58. The van der Waals surface area contributed by atoms with Crippen LogP contribution in [0, 0.1) is 0 Å². The van der Waals surface area contributed by atoms with E-state index in [1.54, 1.807) is 0 Å². The zero-order valence-corrected chi connectivity index (χ0v) is 74.6. The van der Waals surface area contributed by atoms with Gasteiger partial charge in [-0.05, 0) is 212 Å². The highest BCUT2D eigenvalue weighted by atomic mass is 16.5. The molecule has 132 heavy (non-hydrogen) atoms. The second-order valence-electron chi connectivity index (χ2n) is 39.9. The average Bonchev–Trinajstić information content (AvgIpc) is 1.54. The smallest absolute Gasteiger partial charge is 0.293 e. The van der Waals surface area contributed by atoms with Gasteiger partial charge < -0.3 is 18.9 Å². The van der Waals surface area contributed by atoms with E-state index >= 15 is 0 Å². The van der Waals surface area contributed by atoms with Crippen molar-refractivity contribution in [3.63, 3.8) is 0 Å². The van der Waals surface area contributed by atoms with Gasteiger partial charge in [0.25, 0.3) is 26.9 Å². The van der Waals surface area contributed by atoms with Gasteiger partial charge in [0.05, 0.1) is 38.4 Å². The molecule has 0 N–H and O–H groups in total. The van der Waals surface area contributed by atoms with Gasteiger partial charge >= 0.3 is 0 Å². The summed E-state index contributed by atoms with van der Waals surface area (Å²) < 4.78 is 35.2. The van der Waals surface area contributed by atoms with E-state index in [2.05, 4.69) is 414 Å². The highest BCUT2D eigenvalue weighted by Gasteiger charge is 2.54. The molecule has 24 aromatic rings. The quantitative estimate of drug-likeness (QED) is 0.112. The molecular formula is C124H88N4O4+4. The minimum Gasteiger partial charge on any atom is -0.435 e. The Balaban J connectivity index is 0.0000000862. The predicted molar refractivity (Wildman–Crippen MR) is 539 cm³/mol. The van der Waals surface area contributed by atoms with Crippen molar-refractivity contribution in [1.82, 2.24) is 0 Å². The summed E-state index contributed by atoms with van der Waals surface area (Å²) in [5.74, 6) is 4.05. The molecule has 0 saturated carbocycles. The lowest BCUT2D eigenvalue weighted by atomic mass is 9.77. The number of fused-ring (bicyclic) bond motifs is 32. The molecule has 8 aliphatic rings. The number of hydrogen-bond acceptors (Lipinski definition) is 4. The average molecular weight is 1700 g/mol. The molecule has 0 amide bonds. The minimum absolute atomic E-state index is 0.127. The van der Waals surface area contributed by atoms with Gasteiger partial charge in [-0.3, -0.25) is 0 Å². The summed E-state index contributed by atoms with van der Waals surface area (Å²) in [5, 5.41) is 39.1. The number of hydrogen-bond donors (Lipinski definition) is 0. The van der Waals surface area contributed by atoms with E-state index in [0.29, 0.717) is 26.9 Å². The van der Waals surface area contributed by atoms with Gasteiger partial charge in [-0.1, -0.05) is 316 Å². The van der Waals surface area contributed by atoms with Gasteiger partial charge in [-0.15, -0.1) is 0 Å². The van der Waals surface area contributed by atoms with Gasteiger partial charge in [0.15, 0.2) is 12.4 Å². The molecule has 4 aliphatic carbocycles. The van der Waals surface area contributed by atoms with Crippen molar-refractivity contribution >= 4 is 173 Å². The standard InChI is InChI=1S/4C31H22NO/c1-31(2)24-15-21-14-12-19-8-4-6-10-23(19)29(21)32-17-33-25-16-20-13-11-18-7-3-5-9-22(18)26(20)28(31)27(25)30(24)32;1-31(2)28-25-20(13-11-18-7-3-5-9-22(18)25)15-24-27(28)30-29(31)26-21(16-32(30)17-33-24)14-12-19-8-4-6-10-23(19)26;1-31(2)24-16-23-21-9-5-3-7-18(21)13-14-25(23)32-17-33-26-15-20-12-11-19-8-4-6-10-22(19)27(20)29(31)28(26)30(24)32;1-31(2)28-23-14-13-18-7-3-5-9-21(18)24(23)16-32-17-33-25-15-20-12-11-19-8-4-6-10-22(19)26(20)29(31)27(25)30(28)32/h4*3-16H,17H2,1-2H3/q4*+1. The third kappa shape index (κ3) is 9.74. The van der Waals surface area contributed by atoms with Gasteiger partial charge in [-0.25, -0.2) is 0 Å². The van der Waals surface area contributed by atoms with E-state index in [0.717, 1.165) is 23.0 Å².